The van der Waals surface area contributed by atoms with Gasteiger partial charge >= 0.3 is 0 Å². The van der Waals surface area contributed by atoms with Crippen LogP contribution >= 0.6 is 0 Å². The Morgan fingerprint density at radius 2 is 2.00 bits per heavy atom. The molecular formula is C19H21N3O. The number of nitrogens with zero attached hydrogens (tertiary/aromatic N) is 3. The van der Waals surface area contributed by atoms with Gasteiger partial charge in [-0.1, -0.05) is 30.3 Å². The van der Waals surface area contributed by atoms with Gasteiger partial charge in [0.1, 0.15) is 0 Å². The highest BCUT2D eigenvalue weighted by Gasteiger charge is 2.43. The fourth-order valence-electron chi connectivity index (χ4n) is 3.76. The molecule has 4 nitrogen and oxygen atoms in total. The van der Waals surface area contributed by atoms with Gasteiger partial charge in [-0.05, 0) is 30.0 Å². The van der Waals surface area contributed by atoms with E-state index in [-0.39, 0.29) is 5.91 Å². The number of fused-ring (bicyclic) bond motifs is 1. The maximum absolute atomic E-state index is 12.6. The van der Waals surface area contributed by atoms with E-state index in [1.54, 1.807) is 12.4 Å². The van der Waals surface area contributed by atoms with Crippen molar-refractivity contribution in [1.29, 1.82) is 0 Å². The summed E-state index contributed by atoms with van der Waals surface area (Å²) in [5, 5.41) is 0. The Morgan fingerprint density at radius 1 is 1.13 bits per heavy atom. The number of benzene rings is 1. The third kappa shape index (κ3) is 2.86. The molecule has 1 aromatic heterocycles. The number of aromatic nitrogens is 1. The number of carbonyl (C=O) groups excluding carboxylic acids is 1. The van der Waals surface area contributed by atoms with Crippen LogP contribution in [0.15, 0.2) is 54.9 Å². The topological polar surface area (TPSA) is 36.4 Å². The zero-order chi connectivity index (χ0) is 15.6. The van der Waals surface area contributed by atoms with E-state index in [4.69, 9.17) is 0 Å². The average Bonchev–Trinajstić information content (AvgIpc) is 2.61. The number of likely N-dealkylation sites (tertiary alicyclic amines) is 2. The van der Waals surface area contributed by atoms with Gasteiger partial charge in [0.25, 0.3) is 5.91 Å². The van der Waals surface area contributed by atoms with Crippen LogP contribution in [0, 0.1) is 5.92 Å². The van der Waals surface area contributed by atoms with Crippen molar-refractivity contribution < 1.29 is 4.79 Å². The van der Waals surface area contributed by atoms with Crippen LogP contribution in [0.3, 0.4) is 0 Å². The molecule has 2 fully saturated rings. The largest absolute Gasteiger partial charge is 0.337 e. The van der Waals surface area contributed by atoms with E-state index in [0.29, 0.717) is 11.6 Å². The Labute approximate surface area is 136 Å². The molecule has 2 aliphatic rings. The van der Waals surface area contributed by atoms with E-state index < -0.39 is 0 Å². The molecule has 23 heavy (non-hydrogen) atoms. The SMILES string of the molecule is O=C(c1cccnc1)N1CC[C@@H]2CN(Cc3ccccc3)[C@@H]2C1. The molecule has 0 N–H and O–H groups in total. The lowest BCUT2D eigenvalue weighted by Crippen LogP contribution is -2.64. The molecule has 1 aromatic carbocycles. The third-order valence-corrected chi connectivity index (χ3v) is 5.08. The van der Waals surface area contributed by atoms with Crippen molar-refractivity contribution in [2.24, 2.45) is 5.92 Å². The van der Waals surface area contributed by atoms with Crippen LogP contribution in [0.2, 0.25) is 0 Å². The second kappa shape index (κ2) is 6.13. The van der Waals surface area contributed by atoms with Crippen molar-refractivity contribution in [2.75, 3.05) is 19.6 Å². The number of pyridine rings is 1. The van der Waals surface area contributed by atoms with Gasteiger partial charge in [-0.15, -0.1) is 0 Å². The minimum Gasteiger partial charge on any atom is -0.337 e. The van der Waals surface area contributed by atoms with Crippen LogP contribution in [-0.4, -0.2) is 46.4 Å². The van der Waals surface area contributed by atoms with Crippen molar-refractivity contribution in [3.8, 4) is 0 Å². The van der Waals surface area contributed by atoms with Gasteiger partial charge in [-0.2, -0.15) is 0 Å². The highest BCUT2D eigenvalue weighted by molar-refractivity contribution is 5.94. The summed E-state index contributed by atoms with van der Waals surface area (Å²) >= 11 is 0. The Hall–Kier alpha value is -2.20. The summed E-state index contributed by atoms with van der Waals surface area (Å²) < 4.78 is 0. The molecule has 4 rings (SSSR count). The second-order valence-corrected chi connectivity index (χ2v) is 6.52. The fraction of sp³-hybridized carbons (Fsp3) is 0.368. The first-order chi connectivity index (χ1) is 11.3. The Balaban J connectivity index is 1.41. The van der Waals surface area contributed by atoms with Crippen LogP contribution in [0.1, 0.15) is 22.3 Å². The van der Waals surface area contributed by atoms with Gasteiger partial charge in [0, 0.05) is 44.6 Å². The van der Waals surface area contributed by atoms with Crippen molar-refractivity contribution in [3.05, 3.63) is 66.0 Å². The number of amides is 1. The molecule has 0 spiro atoms. The monoisotopic (exact) mass is 307 g/mol. The molecule has 118 valence electrons. The number of hydrogen-bond acceptors (Lipinski definition) is 3. The first-order valence-corrected chi connectivity index (χ1v) is 8.28. The number of carbonyl (C=O) groups is 1. The molecule has 0 aliphatic carbocycles. The van der Waals surface area contributed by atoms with Crippen LogP contribution in [0.5, 0.6) is 0 Å². The number of hydrogen-bond donors (Lipinski definition) is 0. The predicted octanol–water partition coefficient (Wildman–Crippen LogP) is 2.43. The number of rotatable bonds is 3. The van der Waals surface area contributed by atoms with Gasteiger partial charge in [0.05, 0.1) is 5.56 Å². The average molecular weight is 307 g/mol. The highest BCUT2D eigenvalue weighted by Crippen LogP contribution is 2.34. The molecule has 1 amide bonds. The zero-order valence-corrected chi connectivity index (χ0v) is 13.1. The first-order valence-electron chi connectivity index (χ1n) is 8.28. The third-order valence-electron chi connectivity index (χ3n) is 5.08. The Kier molecular flexibility index (Phi) is 3.83. The fourth-order valence-corrected chi connectivity index (χ4v) is 3.76. The van der Waals surface area contributed by atoms with E-state index in [9.17, 15) is 4.79 Å². The first kappa shape index (κ1) is 14.4. The lowest BCUT2D eigenvalue weighted by molar-refractivity contribution is -0.0427. The molecule has 4 heteroatoms. The van der Waals surface area contributed by atoms with Crippen LogP contribution in [-0.2, 0) is 6.54 Å². The minimum absolute atomic E-state index is 0.114. The maximum atomic E-state index is 12.6. The molecule has 2 aromatic rings. The van der Waals surface area contributed by atoms with Gasteiger partial charge in [0.15, 0.2) is 0 Å². The van der Waals surface area contributed by atoms with Crippen LogP contribution < -0.4 is 0 Å². The van der Waals surface area contributed by atoms with Crippen molar-refractivity contribution in [2.45, 2.75) is 19.0 Å². The summed E-state index contributed by atoms with van der Waals surface area (Å²) in [7, 11) is 0. The summed E-state index contributed by atoms with van der Waals surface area (Å²) in [4.78, 5) is 21.2. The van der Waals surface area contributed by atoms with E-state index in [0.717, 1.165) is 38.5 Å². The van der Waals surface area contributed by atoms with Gasteiger partial charge in [0.2, 0.25) is 0 Å². The molecular weight excluding hydrogens is 286 g/mol. The van der Waals surface area contributed by atoms with Crippen LogP contribution in [0.4, 0.5) is 0 Å². The molecule has 2 aliphatic heterocycles. The molecule has 0 saturated carbocycles. The van der Waals surface area contributed by atoms with Crippen molar-refractivity contribution >= 4 is 5.91 Å². The maximum Gasteiger partial charge on any atom is 0.255 e. The summed E-state index contributed by atoms with van der Waals surface area (Å²) in [6.45, 7) is 3.85. The van der Waals surface area contributed by atoms with Gasteiger partial charge < -0.3 is 4.90 Å². The smallest absolute Gasteiger partial charge is 0.255 e. The zero-order valence-electron chi connectivity index (χ0n) is 13.1. The summed E-state index contributed by atoms with van der Waals surface area (Å²) in [5.74, 6) is 0.861. The Morgan fingerprint density at radius 3 is 2.78 bits per heavy atom. The normalized spacial score (nSPS) is 23.9. The molecule has 2 atom stereocenters. The lowest BCUT2D eigenvalue weighted by atomic mass is 9.82. The number of piperidine rings is 1. The Bertz CT molecular complexity index is 674. The molecule has 0 unspecified atom stereocenters. The van der Waals surface area contributed by atoms with E-state index in [1.165, 1.54) is 5.56 Å². The highest BCUT2D eigenvalue weighted by atomic mass is 16.2. The van der Waals surface area contributed by atoms with Gasteiger partial charge in [-0.25, -0.2) is 0 Å². The van der Waals surface area contributed by atoms with Crippen molar-refractivity contribution in [3.63, 3.8) is 0 Å². The molecule has 2 saturated heterocycles. The summed E-state index contributed by atoms with van der Waals surface area (Å²) in [6, 6.07) is 14.8. The van der Waals surface area contributed by atoms with E-state index in [1.807, 2.05) is 17.0 Å². The summed E-state index contributed by atoms with van der Waals surface area (Å²) in [6.07, 6.45) is 4.48. The van der Waals surface area contributed by atoms with E-state index >= 15 is 0 Å². The lowest BCUT2D eigenvalue weighted by Gasteiger charge is -2.53. The predicted molar refractivity (Wildman–Crippen MR) is 88.9 cm³/mol. The standard InChI is InChI=1S/C19H21N3O/c23-19(16-7-4-9-20-11-16)21-10-8-17-13-22(18(17)14-21)12-15-5-2-1-3-6-15/h1-7,9,11,17-18H,8,10,12-14H2/t17-,18-/m1/s1. The molecule has 0 bridgehead atoms. The molecule has 3 heterocycles. The van der Waals surface area contributed by atoms with Gasteiger partial charge in [-0.3, -0.25) is 14.7 Å². The minimum atomic E-state index is 0.114. The molecule has 0 radical (unpaired) electrons. The van der Waals surface area contributed by atoms with E-state index in [2.05, 4.69) is 40.2 Å². The van der Waals surface area contributed by atoms with Crippen molar-refractivity contribution in [1.82, 2.24) is 14.8 Å². The summed E-state index contributed by atoms with van der Waals surface area (Å²) in [5.41, 5.74) is 2.04. The quantitative estimate of drug-likeness (QED) is 0.874. The van der Waals surface area contributed by atoms with Crippen LogP contribution in [0.25, 0.3) is 0 Å². The second-order valence-electron chi connectivity index (χ2n) is 6.52.